The molecule has 0 saturated carbocycles. The molecular formula is C19H24N2O2S. The van der Waals surface area contributed by atoms with E-state index in [1.807, 2.05) is 14.1 Å². The van der Waals surface area contributed by atoms with Crippen molar-refractivity contribution in [2.75, 3.05) is 32.9 Å². The molecule has 128 valence electrons. The Kier molecular flexibility index (Phi) is 3.90. The van der Waals surface area contributed by atoms with Crippen molar-refractivity contribution in [1.29, 1.82) is 0 Å². The largest absolute Gasteiger partial charge is 0.305 e. The summed E-state index contributed by atoms with van der Waals surface area (Å²) in [6, 6.07) is 14.9. The van der Waals surface area contributed by atoms with Crippen LogP contribution in [0.2, 0.25) is 0 Å². The number of fused-ring (bicyclic) bond motifs is 2. The fourth-order valence-corrected chi connectivity index (χ4v) is 6.95. The number of hydrogen-bond acceptors (Lipinski definition) is 4. The molecule has 0 radical (unpaired) electrons. The molecule has 5 heteroatoms. The Labute approximate surface area is 144 Å². The van der Waals surface area contributed by atoms with E-state index >= 15 is 0 Å². The molecule has 2 aromatic carbocycles. The molecule has 2 saturated heterocycles. The standard InChI is InChI=1S/C19H24N2O2S/c1-20(2)18-13-24(22,23)19-12-21(11-17(18)19)10-15-8-5-7-14-6-3-4-9-16(14)15/h3-9,17-19H,10-13H2,1-2H3/t17-,18+,19-/m0/s1. The molecule has 24 heavy (non-hydrogen) atoms. The lowest BCUT2D eigenvalue weighted by Crippen LogP contribution is -2.37. The van der Waals surface area contributed by atoms with E-state index in [2.05, 4.69) is 52.3 Å². The predicted molar refractivity (Wildman–Crippen MR) is 97.8 cm³/mol. The van der Waals surface area contributed by atoms with Crippen LogP contribution < -0.4 is 0 Å². The minimum atomic E-state index is -2.97. The predicted octanol–water partition coefficient (Wildman–Crippen LogP) is 2.00. The number of benzene rings is 2. The molecule has 2 fully saturated rings. The van der Waals surface area contributed by atoms with Crippen LogP contribution in [0.4, 0.5) is 0 Å². The van der Waals surface area contributed by atoms with Crippen molar-refractivity contribution in [3.8, 4) is 0 Å². The second-order valence-corrected chi connectivity index (χ2v) is 9.66. The van der Waals surface area contributed by atoms with E-state index < -0.39 is 9.84 Å². The number of rotatable bonds is 3. The van der Waals surface area contributed by atoms with Crippen LogP contribution in [0, 0.1) is 5.92 Å². The molecule has 3 atom stereocenters. The minimum Gasteiger partial charge on any atom is -0.305 e. The van der Waals surface area contributed by atoms with Gasteiger partial charge in [0, 0.05) is 31.6 Å². The van der Waals surface area contributed by atoms with Gasteiger partial charge >= 0.3 is 0 Å². The monoisotopic (exact) mass is 344 g/mol. The summed E-state index contributed by atoms with van der Waals surface area (Å²) in [5.41, 5.74) is 1.28. The molecule has 2 aliphatic heterocycles. The topological polar surface area (TPSA) is 40.6 Å². The van der Waals surface area contributed by atoms with E-state index in [1.54, 1.807) is 0 Å². The van der Waals surface area contributed by atoms with Crippen molar-refractivity contribution in [3.63, 3.8) is 0 Å². The van der Waals surface area contributed by atoms with Gasteiger partial charge in [-0.3, -0.25) is 4.90 Å². The zero-order chi connectivity index (χ0) is 16.9. The Morgan fingerprint density at radius 3 is 2.62 bits per heavy atom. The van der Waals surface area contributed by atoms with Crippen LogP contribution in [0.15, 0.2) is 42.5 Å². The highest BCUT2D eigenvalue weighted by Crippen LogP contribution is 2.36. The van der Waals surface area contributed by atoms with Crippen LogP contribution >= 0.6 is 0 Å². The molecule has 0 aromatic heterocycles. The van der Waals surface area contributed by atoms with E-state index in [0.29, 0.717) is 12.3 Å². The first-order chi connectivity index (χ1) is 11.5. The maximum atomic E-state index is 12.5. The van der Waals surface area contributed by atoms with Gasteiger partial charge in [0.05, 0.1) is 11.0 Å². The van der Waals surface area contributed by atoms with Crippen LogP contribution in [-0.4, -0.2) is 62.4 Å². The second kappa shape index (κ2) is 5.83. The maximum absolute atomic E-state index is 12.5. The summed E-state index contributed by atoms with van der Waals surface area (Å²) in [5.74, 6) is 0.553. The van der Waals surface area contributed by atoms with Crippen LogP contribution in [0.5, 0.6) is 0 Å². The quantitative estimate of drug-likeness (QED) is 0.854. The smallest absolute Gasteiger partial charge is 0.156 e. The van der Waals surface area contributed by atoms with Crippen molar-refractivity contribution >= 4 is 20.6 Å². The molecule has 0 aliphatic carbocycles. The Balaban J connectivity index is 1.59. The third-order valence-corrected chi connectivity index (χ3v) is 7.91. The Bertz CT molecular complexity index is 857. The lowest BCUT2D eigenvalue weighted by molar-refractivity contribution is 0.230. The highest BCUT2D eigenvalue weighted by molar-refractivity contribution is 7.92. The SMILES string of the molecule is CN(C)[C@@H]1CS(=O)(=O)[C@H]2CN(Cc3cccc4ccccc34)C[C@@H]12. The van der Waals surface area contributed by atoms with Crippen LogP contribution in [0.1, 0.15) is 5.56 Å². The molecule has 2 heterocycles. The van der Waals surface area contributed by atoms with Crippen molar-refractivity contribution < 1.29 is 8.42 Å². The third-order valence-electron chi connectivity index (χ3n) is 5.68. The van der Waals surface area contributed by atoms with Gasteiger partial charge in [-0.2, -0.15) is 0 Å². The van der Waals surface area contributed by atoms with Gasteiger partial charge in [0.25, 0.3) is 0 Å². The van der Waals surface area contributed by atoms with Crippen LogP contribution in [-0.2, 0) is 16.4 Å². The summed E-state index contributed by atoms with van der Waals surface area (Å²) in [6.45, 7) is 2.36. The Hall–Kier alpha value is -1.43. The lowest BCUT2D eigenvalue weighted by Gasteiger charge is -2.25. The first-order valence-electron chi connectivity index (χ1n) is 8.53. The summed E-state index contributed by atoms with van der Waals surface area (Å²) < 4.78 is 25.0. The van der Waals surface area contributed by atoms with Crippen molar-refractivity contribution in [2.45, 2.75) is 17.8 Å². The molecule has 0 spiro atoms. The van der Waals surface area contributed by atoms with E-state index in [4.69, 9.17) is 0 Å². The summed E-state index contributed by atoms with van der Waals surface area (Å²) in [5, 5.41) is 2.32. The minimum absolute atomic E-state index is 0.150. The van der Waals surface area contributed by atoms with Gasteiger partial charge in [0.2, 0.25) is 0 Å². The molecular weight excluding hydrogens is 320 g/mol. The number of likely N-dealkylation sites (tertiary alicyclic amines) is 1. The number of sulfone groups is 1. The van der Waals surface area contributed by atoms with Gasteiger partial charge in [-0.1, -0.05) is 42.5 Å². The fraction of sp³-hybridized carbons (Fsp3) is 0.474. The number of hydrogen-bond donors (Lipinski definition) is 0. The summed E-state index contributed by atoms with van der Waals surface area (Å²) >= 11 is 0. The van der Waals surface area contributed by atoms with Crippen molar-refractivity contribution in [3.05, 3.63) is 48.0 Å². The molecule has 0 N–H and O–H groups in total. The number of nitrogens with zero attached hydrogens (tertiary/aromatic N) is 2. The molecule has 0 amide bonds. The van der Waals surface area contributed by atoms with E-state index in [1.165, 1.54) is 16.3 Å². The van der Waals surface area contributed by atoms with Gasteiger partial charge in [-0.15, -0.1) is 0 Å². The first-order valence-corrected chi connectivity index (χ1v) is 10.2. The fourth-order valence-electron chi connectivity index (χ4n) is 4.45. The van der Waals surface area contributed by atoms with Gasteiger partial charge in [0.15, 0.2) is 9.84 Å². The van der Waals surface area contributed by atoms with Gasteiger partial charge in [0.1, 0.15) is 0 Å². The summed E-state index contributed by atoms with van der Waals surface area (Å²) in [6.07, 6.45) is 0. The highest BCUT2D eigenvalue weighted by atomic mass is 32.2. The molecule has 4 nitrogen and oxygen atoms in total. The maximum Gasteiger partial charge on any atom is 0.156 e. The van der Waals surface area contributed by atoms with Gasteiger partial charge < -0.3 is 4.90 Å². The van der Waals surface area contributed by atoms with Crippen LogP contribution in [0.25, 0.3) is 10.8 Å². The molecule has 0 unspecified atom stereocenters. The Morgan fingerprint density at radius 1 is 1.08 bits per heavy atom. The van der Waals surface area contributed by atoms with E-state index in [9.17, 15) is 8.42 Å². The summed E-state index contributed by atoms with van der Waals surface area (Å²) in [4.78, 5) is 4.41. The van der Waals surface area contributed by atoms with Crippen LogP contribution in [0.3, 0.4) is 0 Å². The first kappa shape index (κ1) is 16.1. The van der Waals surface area contributed by atoms with Gasteiger partial charge in [-0.25, -0.2) is 8.42 Å². The van der Waals surface area contributed by atoms with Crippen molar-refractivity contribution in [2.24, 2.45) is 5.92 Å². The molecule has 4 rings (SSSR count). The third kappa shape index (κ3) is 2.65. The average molecular weight is 344 g/mol. The van der Waals surface area contributed by atoms with E-state index in [0.717, 1.165) is 13.1 Å². The normalized spacial score (nSPS) is 29.4. The Morgan fingerprint density at radius 2 is 1.83 bits per heavy atom. The van der Waals surface area contributed by atoms with Crippen molar-refractivity contribution in [1.82, 2.24) is 9.80 Å². The van der Waals surface area contributed by atoms with Gasteiger partial charge in [-0.05, 0) is 30.4 Å². The molecule has 2 aromatic rings. The zero-order valence-corrected chi connectivity index (χ0v) is 15.0. The highest BCUT2D eigenvalue weighted by Gasteiger charge is 2.52. The molecule has 2 aliphatic rings. The lowest BCUT2D eigenvalue weighted by atomic mass is 10.00. The molecule has 0 bridgehead atoms. The average Bonchev–Trinajstić information content (AvgIpc) is 3.07. The van der Waals surface area contributed by atoms with E-state index in [-0.39, 0.29) is 17.2 Å². The second-order valence-electron chi connectivity index (χ2n) is 7.40. The summed E-state index contributed by atoms with van der Waals surface area (Å²) in [7, 11) is 1.02. The zero-order valence-electron chi connectivity index (χ0n) is 14.2.